The Bertz CT molecular complexity index is 983. The van der Waals surface area contributed by atoms with Gasteiger partial charge in [-0.25, -0.2) is 4.79 Å². The van der Waals surface area contributed by atoms with Crippen LogP contribution in [0.1, 0.15) is 41.6 Å². The summed E-state index contributed by atoms with van der Waals surface area (Å²) in [5.74, 6) is 0.397. The van der Waals surface area contributed by atoms with Crippen LogP contribution in [0.3, 0.4) is 0 Å². The van der Waals surface area contributed by atoms with Crippen LogP contribution < -0.4 is 10.1 Å². The standard InChI is InChI=1S/C25H29Cl2N3O3/c1-17-2-4-18(5-3-17)24(31)28-25(32)30-12-8-19(9-13-30)29-14-10-20(11-15-29)33-21-6-7-22(26)23(27)16-21/h2-7,16,19-20H,8-15H2,1H3,(H,28,31,32). The number of carbonyl (C=O) groups excluding carboxylic acids is 2. The van der Waals surface area contributed by atoms with Crippen molar-refractivity contribution < 1.29 is 14.3 Å². The highest BCUT2D eigenvalue weighted by atomic mass is 35.5. The summed E-state index contributed by atoms with van der Waals surface area (Å²) in [6.45, 7) is 5.19. The SMILES string of the molecule is Cc1ccc(C(=O)NC(=O)N2CCC(N3CCC(Oc4ccc(Cl)c(Cl)c4)CC3)CC2)cc1. The van der Waals surface area contributed by atoms with Crippen LogP contribution >= 0.6 is 23.2 Å². The largest absolute Gasteiger partial charge is 0.490 e. The molecular weight excluding hydrogens is 461 g/mol. The van der Waals surface area contributed by atoms with Crippen molar-refractivity contribution in [3.8, 4) is 5.75 Å². The van der Waals surface area contributed by atoms with Gasteiger partial charge in [0, 0.05) is 43.9 Å². The zero-order chi connectivity index (χ0) is 23.4. The highest BCUT2D eigenvalue weighted by Crippen LogP contribution is 2.29. The molecule has 2 heterocycles. The summed E-state index contributed by atoms with van der Waals surface area (Å²) in [5, 5.41) is 3.55. The van der Waals surface area contributed by atoms with Crippen LogP contribution in [0.15, 0.2) is 42.5 Å². The molecular formula is C25H29Cl2N3O3. The first-order valence-electron chi connectivity index (χ1n) is 11.4. The van der Waals surface area contributed by atoms with E-state index in [0.717, 1.165) is 50.1 Å². The van der Waals surface area contributed by atoms with Gasteiger partial charge in [0.25, 0.3) is 5.91 Å². The molecule has 1 N–H and O–H groups in total. The van der Waals surface area contributed by atoms with Gasteiger partial charge in [-0.2, -0.15) is 0 Å². The number of benzene rings is 2. The second-order valence-corrected chi connectivity index (χ2v) is 9.59. The fourth-order valence-electron chi connectivity index (χ4n) is 4.49. The summed E-state index contributed by atoms with van der Waals surface area (Å²) in [4.78, 5) is 29.1. The molecule has 0 unspecified atom stereocenters. The summed E-state index contributed by atoms with van der Waals surface area (Å²) < 4.78 is 6.09. The number of nitrogens with zero attached hydrogens (tertiary/aromatic N) is 2. The van der Waals surface area contributed by atoms with Gasteiger partial charge in [-0.3, -0.25) is 15.0 Å². The normalized spacial score (nSPS) is 18.2. The van der Waals surface area contributed by atoms with E-state index >= 15 is 0 Å². The molecule has 2 aliphatic rings. The molecule has 2 saturated heterocycles. The van der Waals surface area contributed by atoms with E-state index < -0.39 is 0 Å². The molecule has 0 saturated carbocycles. The number of likely N-dealkylation sites (tertiary alicyclic amines) is 2. The van der Waals surface area contributed by atoms with E-state index in [4.69, 9.17) is 27.9 Å². The van der Waals surface area contributed by atoms with Crippen molar-refractivity contribution in [1.82, 2.24) is 15.1 Å². The quantitative estimate of drug-likeness (QED) is 0.644. The van der Waals surface area contributed by atoms with E-state index in [0.29, 0.717) is 34.7 Å². The number of hydrogen-bond acceptors (Lipinski definition) is 4. The molecule has 0 atom stereocenters. The maximum atomic E-state index is 12.5. The van der Waals surface area contributed by atoms with Crippen LogP contribution in [0.25, 0.3) is 0 Å². The molecule has 176 valence electrons. The van der Waals surface area contributed by atoms with E-state index in [-0.39, 0.29) is 18.0 Å². The smallest absolute Gasteiger partial charge is 0.324 e. The third-order valence-corrected chi connectivity index (χ3v) is 7.21. The number of nitrogens with one attached hydrogen (secondary N) is 1. The van der Waals surface area contributed by atoms with E-state index in [1.54, 1.807) is 29.2 Å². The van der Waals surface area contributed by atoms with Gasteiger partial charge in [0.05, 0.1) is 10.0 Å². The van der Waals surface area contributed by atoms with Crippen molar-refractivity contribution in [2.24, 2.45) is 0 Å². The van der Waals surface area contributed by atoms with Crippen LogP contribution in [0.5, 0.6) is 5.75 Å². The molecule has 33 heavy (non-hydrogen) atoms. The summed E-state index contributed by atoms with van der Waals surface area (Å²) in [7, 11) is 0. The number of urea groups is 1. The first-order valence-corrected chi connectivity index (χ1v) is 12.2. The second kappa shape index (κ2) is 10.8. The lowest BCUT2D eigenvalue weighted by atomic mass is 9.99. The third-order valence-electron chi connectivity index (χ3n) is 6.47. The van der Waals surface area contributed by atoms with Gasteiger partial charge >= 0.3 is 6.03 Å². The Kier molecular flexibility index (Phi) is 7.78. The lowest BCUT2D eigenvalue weighted by Gasteiger charge is -2.41. The summed E-state index contributed by atoms with van der Waals surface area (Å²) in [6.07, 6.45) is 3.88. The Morgan fingerprint density at radius 3 is 2.21 bits per heavy atom. The number of rotatable bonds is 4. The van der Waals surface area contributed by atoms with E-state index in [1.807, 2.05) is 25.1 Å². The maximum Gasteiger partial charge on any atom is 0.324 e. The molecule has 2 fully saturated rings. The van der Waals surface area contributed by atoms with Gasteiger partial charge in [-0.05, 0) is 56.9 Å². The number of amides is 3. The Labute approximate surface area is 204 Å². The summed E-state index contributed by atoms with van der Waals surface area (Å²) in [6, 6.07) is 12.7. The van der Waals surface area contributed by atoms with Gasteiger partial charge in [-0.15, -0.1) is 0 Å². The van der Waals surface area contributed by atoms with Gasteiger partial charge in [0.15, 0.2) is 0 Å². The summed E-state index contributed by atoms with van der Waals surface area (Å²) >= 11 is 12.1. The van der Waals surface area contributed by atoms with Gasteiger partial charge in [-0.1, -0.05) is 40.9 Å². The van der Waals surface area contributed by atoms with Crippen molar-refractivity contribution in [2.75, 3.05) is 26.2 Å². The van der Waals surface area contributed by atoms with Crippen molar-refractivity contribution in [2.45, 2.75) is 44.8 Å². The van der Waals surface area contributed by atoms with E-state index in [1.165, 1.54) is 0 Å². The van der Waals surface area contributed by atoms with Crippen molar-refractivity contribution in [3.05, 3.63) is 63.6 Å². The summed E-state index contributed by atoms with van der Waals surface area (Å²) in [5.41, 5.74) is 1.57. The Hall–Kier alpha value is -2.28. The molecule has 2 aromatic rings. The zero-order valence-electron chi connectivity index (χ0n) is 18.7. The first kappa shape index (κ1) is 23.9. The Morgan fingerprint density at radius 1 is 0.909 bits per heavy atom. The maximum absolute atomic E-state index is 12.5. The average Bonchev–Trinajstić information content (AvgIpc) is 2.82. The van der Waals surface area contributed by atoms with Crippen LogP contribution in [0.4, 0.5) is 4.79 Å². The molecule has 3 amide bonds. The molecule has 0 spiro atoms. The minimum absolute atomic E-state index is 0.164. The topological polar surface area (TPSA) is 61.9 Å². The highest BCUT2D eigenvalue weighted by Gasteiger charge is 2.30. The number of halogens is 2. The molecule has 0 aromatic heterocycles. The average molecular weight is 490 g/mol. The molecule has 6 nitrogen and oxygen atoms in total. The molecule has 0 radical (unpaired) electrons. The van der Waals surface area contributed by atoms with Crippen molar-refractivity contribution in [1.29, 1.82) is 0 Å². The van der Waals surface area contributed by atoms with Crippen molar-refractivity contribution >= 4 is 35.1 Å². The van der Waals surface area contributed by atoms with Crippen LogP contribution in [0, 0.1) is 6.92 Å². The molecule has 2 aromatic carbocycles. The van der Waals surface area contributed by atoms with Crippen LogP contribution in [0.2, 0.25) is 10.0 Å². The Balaban J connectivity index is 1.20. The molecule has 8 heteroatoms. The molecule has 2 aliphatic heterocycles. The number of imide groups is 1. The predicted molar refractivity (Wildman–Crippen MR) is 130 cm³/mol. The van der Waals surface area contributed by atoms with Gasteiger partial charge in [0.1, 0.15) is 11.9 Å². The monoisotopic (exact) mass is 489 g/mol. The van der Waals surface area contributed by atoms with Gasteiger partial charge in [0.2, 0.25) is 0 Å². The van der Waals surface area contributed by atoms with E-state index in [2.05, 4.69) is 10.2 Å². The third kappa shape index (κ3) is 6.19. The highest BCUT2D eigenvalue weighted by molar-refractivity contribution is 6.42. The number of carbonyl (C=O) groups is 2. The number of ether oxygens (including phenoxy) is 1. The lowest BCUT2D eigenvalue weighted by Crippen LogP contribution is -2.52. The first-order chi connectivity index (χ1) is 15.9. The number of piperidine rings is 2. The van der Waals surface area contributed by atoms with Crippen LogP contribution in [-0.4, -0.2) is 60.1 Å². The van der Waals surface area contributed by atoms with Crippen molar-refractivity contribution in [3.63, 3.8) is 0 Å². The number of aryl methyl sites for hydroxylation is 1. The van der Waals surface area contributed by atoms with E-state index in [9.17, 15) is 9.59 Å². The minimum atomic E-state index is -0.355. The lowest BCUT2D eigenvalue weighted by molar-refractivity contribution is 0.0534. The predicted octanol–water partition coefficient (Wildman–Crippen LogP) is 5.16. The minimum Gasteiger partial charge on any atom is -0.490 e. The Morgan fingerprint density at radius 2 is 1.58 bits per heavy atom. The zero-order valence-corrected chi connectivity index (χ0v) is 20.2. The van der Waals surface area contributed by atoms with Gasteiger partial charge < -0.3 is 9.64 Å². The molecule has 4 rings (SSSR count). The molecule has 0 bridgehead atoms. The fraction of sp³-hybridized carbons (Fsp3) is 0.440. The fourth-order valence-corrected chi connectivity index (χ4v) is 4.78. The van der Waals surface area contributed by atoms with Crippen LogP contribution in [-0.2, 0) is 0 Å². The number of hydrogen-bond donors (Lipinski definition) is 1. The second-order valence-electron chi connectivity index (χ2n) is 8.77. The molecule has 0 aliphatic carbocycles.